The first-order chi connectivity index (χ1) is 9.24. The van der Waals surface area contributed by atoms with Gasteiger partial charge in [-0.05, 0) is 51.7 Å². The molecule has 0 saturated heterocycles. The van der Waals surface area contributed by atoms with Gasteiger partial charge in [0, 0.05) is 11.8 Å². The smallest absolute Gasteiger partial charge is 0.0874 e. The van der Waals surface area contributed by atoms with Gasteiger partial charge >= 0.3 is 0 Å². The molecule has 0 bridgehead atoms. The van der Waals surface area contributed by atoms with Crippen LogP contribution in [0.5, 0.6) is 0 Å². The average molecular weight is 401 g/mol. The highest BCUT2D eigenvalue weighted by molar-refractivity contribution is 14.1. The summed E-state index contributed by atoms with van der Waals surface area (Å²) in [5.74, 6) is 0. The van der Waals surface area contributed by atoms with Crippen LogP contribution >= 0.6 is 45.5 Å². The number of benzene rings is 1. The maximum absolute atomic E-state index is 6.50. The molecule has 1 aromatic carbocycles. The van der Waals surface area contributed by atoms with E-state index in [1.807, 2.05) is 47.4 Å². The van der Waals surface area contributed by atoms with Crippen LogP contribution in [0.4, 0.5) is 0 Å². The largest absolute Gasteiger partial charge is 0.241 e. The Labute approximate surface area is 134 Å². The van der Waals surface area contributed by atoms with Gasteiger partial charge in [0.1, 0.15) is 0 Å². The van der Waals surface area contributed by atoms with Crippen molar-refractivity contribution in [3.8, 4) is 5.69 Å². The van der Waals surface area contributed by atoms with Crippen LogP contribution in [0.15, 0.2) is 54.2 Å². The van der Waals surface area contributed by atoms with Crippen LogP contribution in [0.1, 0.15) is 16.5 Å². The van der Waals surface area contributed by atoms with Crippen LogP contribution in [-0.4, -0.2) is 9.78 Å². The van der Waals surface area contributed by atoms with E-state index in [0.717, 1.165) is 16.8 Å². The molecule has 1 unspecified atom stereocenters. The van der Waals surface area contributed by atoms with E-state index in [-0.39, 0.29) is 5.38 Å². The van der Waals surface area contributed by atoms with Crippen LogP contribution in [-0.2, 0) is 0 Å². The fraction of sp³-hybridized carbons (Fsp3) is 0.0714. The number of para-hydroxylation sites is 1. The summed E-state index contributed by atoms with van der Waals surface area (Å²) in [5.41, 5.74) is 3.18. The third-order valence-corrected chi connectivity index (χ3v) is 5.11. The molecule has 1 atom stereocenters. The van der Waals surface area contributed by atoms with Gasteiger partial charge in [0.15, 0.2) is 0 Å². The van der Waals surface area contributed by atoms with Gasteiger partial charge in [-0.3, -0.25) is 0 Å². The number of rotatable bonds is 3. The molecular formula is C14H10ClIN2S. The van der Waals surface area contributed by atoms with Crippen LogP contribution < -0.4 is 0 Å². The molecule has 3 rings (SSSR count). The Morgan fingerprint density at radius 3 is 2.68 bits per heavy atom. The van der Waals surface area contributed by atoms with Crippen LogP contribution in [0.2, 0.25) is 0 Å². The van der Waals surface area contributed by atoms with Crippen molar-refractivity contribution in [3.63, 3.8) is 0 Å². The Morgan fingerprint density at radius 2 is 2.00 bits per heavy atom. The molecular weight excluding hydrogens is 391 g/mol. The topological polar surface area (TPSA) is 17.8 Å². The lowest BCUT2D eigenvalue weighted by Crippen LogP contribution is -1.93. The zero-order valence-corrected chi connectivity index (χ0v) is 13.6. The van der Waals surface area contributed by atoms with Gasteiger partial charge in [-0.25, -0.2) is 4.68 Å². The van der Waals surface area contributed by atoms with Crippen molar-refractivity contribution in [3.05, 3.63) is 68.2 Å². The average Bonchev–Trinajstić information content (AvgIpc) is 3.08. The van der Waals surface area contributed by atoms with Crippen molar-refractivity contribution in [2.45, 2.75) is 5.38 Å². The van der Waals surface area contributed by atoms with Gasteiger partial charge < -0.3 is 0 Å². The van der Waals surface area contributed by atoms with Gasteiger partial charge in [0.2, 0.25) is 0 Å². The third kappa shape index (κ3) is 2.85. The molecule has 96 valence electrons. The third-order valence-electron chi connectivity index (χ3n) is 2.80. The molecule has 19 heavy (non-hydrogen) atoms. The maximum atomic E-state index is 6.50. The Balaban J connectivity index is 1.89. The molecule has 2 heterocycles. The van der Waals surface area contributed by atoms with Crippen molar-refractivity contribution >= 4 is 45.5 Å². The molecule has 0 fully saturated rings. The highest BCUT2D eigenvalue weighted by Crippen LogP contribution is 2.32. The molecule has 3 aromatic rings. The monoisotopic (exact) mass is 400 g/mol. The number of thiophene rings is 1. The minimum absolute atomic E-state index is 0.141. The summed E-state index contributed by atoms with van der Waals surface area (Å²) >= 11 is 10.5. The first-order valence-electron chi connectivity index (χ1n) is 5.72. The van der Waals surface area contributed by atoms with Crippen LogP contribution in [0.25, 0.3) is 5.69 Å². The molecule has 2 aromatic heterocycles. The number of halogens is 2. The van der Waals surface area contributed by atoms with E-state index in [9.17, 15) is 0 Å². The van der Waals surface area contributed by atoms with Crippen LogP contribution in [0, 0.1) is 2.88 Å². The van der Waals surface area contributed by atoms with E-state index in [2.05, 4.69) is 39.1 Å². The summed E-state index contributed by atoms with van der Waals surface area (Å²) in [6.07, 6.45) is 3.81. The van der Waals surface area contributed by atoms with Gasteiger partial charge in [-0.1, -0.05) is 18.2 Å². The zero-order valence-electron chi connectivity index (χ0n) is 9.83. The number of hydrogen-bond acceptors (Lipinski definition) is 2. The fourth-order valence-corrected chi connectivity index (χ4v) is 3.55. The maximum Gasteiger partial charge on any atom is 0.0874 e. The number of hydrogen-bond donors (Lipinski definition) is 0. The molecule has 5 heteroatoms. The SMILES string of the molecule is ClC(c1csc(I)c1)c1cnn(-c2ccccc2)c1. The standard InChI is InChI=1S/C14H10ClIN2S/c15-14(10-6-13(16)19-9-10)11-7-17-18(8-11)12-4-2-1-3-5-12/h1-9,14H. The van der Waals surface area contributed by atoms with E-state index < -0.39 is 0 Å². The molecule has 0 spiro atoms. The lowest BCUT2D eigenvalue weighted by molar-refractivity contribution is 0.880. The summed E-state index contributed by atoms with van der Waals surface area (Å²) in [6, 6.07) is 12.1. The first-order valence-corrected chi connectivity index (χ1v) is 8.11. The van der Waals surface area contributed by atoms with Crippen molar-refractivity contribution in [2.24, 2.45) is 0 Å². The second-order valence-corrected chi connectivity index (χ2v) is 7.34. The van der Waals surface area contributed by atoms with Crippen molar-refractivity contribution < 1.29 is 0 Å². The van der Waals surface area contributed by atoms with Gasteiger partial charge in [-0.15, -0.1) is 22.9 Å². The first kappa shape index (κ1) is 13.1. The highest BCUT2D eigenvalue weighted by atomic mass is 127. The Morgan fingerprint density at radius 1 is 1.21 bits per heavy atom. The normalized spacial score (nSPS) is 12.5. The lowest BCUT2D eigenvalue weighted by atomic mass is 10.1. The van der Waals surface area contributed by atoms with Crippen LogP contribution in [0.3, 0.4) is 0 Å². The number of aromatic nitrogens is 2. The Kier molecular flexibility index (Phi) is 3.91. The second kappa shape index (κ2) is 5.64. The molecule has 0 aliphatic carbocycles. The minimum atomic E-state index is -0.141. The van der Waals surface area contributed by atoms with Gasteiger partial charge in [0.05, 0.1) is 20.1 Å². The summed E-state index contributed by atoms with van der Waals surface area (Å²) in [4.78, 5) is 0. The predicted octanol–water partition coefficient (Wildman–Crippen LogP) is 4.87. The molecule has 0 amide bonds. The van der Waals surface area contributed by atoms with Crippen molar-refractivity contribution in [1.82, 2.24) is 9.78 Å². The number of alkyl halides is 1. The van der Waals surface area contributed by atoms with Gasteiger partial charge in [0.25, 0.3) is 0 Å². The molecule has 0 saturated carbocycles. The van der Waals surface area contributed by atoms with Crippen molar-refractivity contribution in [2.75, 3.05) is 0 Å². The van der Waals surface area contributed by atoms with E-state index in [4.69, 9.17) is 11.6 Å². The van der Waals surface area contributed by atoms with E-state index in [1.165, 1.54) is 2.88 Å². The number of nitrogens with zero attached hydrogens (tertiary/aromatic N) is 2. The van der Waals surface area contributed by atoms with E-state index in [0.29, 0.717) is 0 Å². The minimum Gasteiger partial charge on any atom is -0.241 e. The highest BCUT2D eigenvalue weighted by Gasteiger charge is 2.14. The lowest BCUT2D eigenvalue weighted by Gasteiger charge is -2.04. The summed E-state index contributed by atoms with van der Waals surface area (Å²) in [7, 11) is 0. The fourth-order valence-electron chi connectivity index (χ4n) is 1.84. The zero-order chi connectivity index (χ0) is 13.2. The Bertz CT molecular complexity index is 678. The second-order valence-electron chi connectivity index (χ2n) is 4.10. The summed E-state index contributed by atoms with van der Waals surface area (Å²) < 4.78 is 3.09. The predicted molar refractivity (Wildman–Crippen MR) is 88.3 cm³/mol. The molecule has 2 nitrogen and oxygen atoms in total. The molecule has 0 aliphatic heterocycles. The van der Waals surface area contributed by atoms with Gasteiger partial charge in [-0.2, -0.15) is 5.10 Å². The van der Waals surface area contributed by atoms with Crippen molar-refractivity contribution in [1.29, 1.82) is 0 Å². The quantitative estimate of drug-likeness (QED) is 0.453. The Hall–Kier alpha value is -0.850. The summed E-state index contributed by atoms with van der Waals surface area (Å²) in [6.45, 7) is 0. The van der Waals surface area contributed by atoms with E-state index >= 15 is 0 Å². The van der Waals surface area contributed by atoms with E-state index in [1.54, 1.807) is 11.3 Å². The molecule has 0 N–H and O–H groups in total. The molecule has 0 radical (unpaired) electrons. The summed E-state index contributed by atoms with van der Waals surface area (Å²) in [5, 5.41) is 6.33. The molecule has 0 aliphatic rings.